The molecule has 29 heavy (non-hydrogen) atoms. The summed E-state index contributed by atoms with van der Waals surface area (Å²) in [5.41, 5.74) is 1.17. The normalized spacial score (nSPS) is 15.2. The van der Waals surface area contributed by atoms with Crippen LogP contribution in [0.25, 0.3) is 0 Å². The maximum Gasteiger partial charge on any atom is 0.255 e. The predicted molar refractivity (Wildman–Crippen MR) is 109 cm³/mol. The van der Waals surface area contributed by atoms with Gasteiger partial charge in [0.05, 0.1) is 24.5 Å². The van der Waals surface area contributed by atoms with Crippen LogP contribution in [0.4, 0.5) is 5.69 Å². The lowest BCUT2D eigenvalue weighted by atomic mass is 10.2. The van der Waals surface area contributed by atoms with Crippen molar-refractivity contribution in [2.45, 2.75) is 32.6 Å². The van der Waals surface area contributed by atoms with Crippen LogP contribution in [0.1, 0.15) is 24.2 Å². The van der Waals surface area contributed by atoms with Crippen molar-refractivity contribution in [1.29, 1.82) is 0 Å². The van der Waals surface area contributed by atoms with Crippen LogP contribution in [0.2, 0.25) is 0 Å². The summed E-state index contributed by atoms with van der Waals surface area (Å²) in [6.07, 6.45) is 3.33. The number of hydrogen-bond acceptors (Lipinski definition) is 5. The van der Waals surface area contributed by atoms with Gasteiger partial charge in [0.15, 0.2) is 17.6 Å². The molecule has 2 heterocycles. The predicted octanol–water partition coefficient (Wildman–Crippen LogP) is 3.76. The van der Waals surface area contributed by atoms with Gasteiger partial charge in [0.25, 0.3) is 5.91 Å². The van der Waals surface area contributed by atoms with Crippen molar-refractivity contribution in [3.8, 4) is 17.2 Å². The van der Waals surface area contributed by atoms with Gasteiger partial charge in [0.1, 0.15) is 12.4 Å². The quantitative estimate of drug-likeness (QED) is 0.690. The van der Waals surface area contributed by atoms with Gasteiger partial charge in [-0.15, -0.1) is 0 Å². The van der Waals surface area contributed by atoms with E-state index in [1.54, 1.807) is 41.3 Å². The number of nitrogens with one attached hydrogen (secondary N) is 1. The molecule has 7 nitrogen and oxygen atoms in total. The number of benzene rings is 2. The van der Waals surface area contributed by atoms with Crippen molar-refractivity contribution < 1.29 is 19.0 Å². The molecule has 0 spiro atoms. The van der Waals surface area contributed by atoms with E-state index < -0.39 is 0 Å². The molecule has 0 saturated carbocycles. The summed E-state index contributed by atoms with van der Waals surface area (Å²) in [7, 11) is 0. The average molecular weight is 393 g/mol. The highest BCUT2D eigenvalue weighted by atomic mass is 16.6. The largest absolute Gasteiger partial charge is 0.491 e. The summed E-state index contributed by atoms with van der Waals surface area (Å²) < 4.78 is 19.0. The Hall–Kier alpha value is -3.48. The summed E-state index contributed by atoms with van der Waals surface area (Å²) in [5.74, 6) is 2.02. The number of rotatable bonds is 6. The van der Waals surface area contributed by atoms with E-state index in [4.69, 9.17) is 14.2 Å². The maximum atomic E-state index is 12.5. The molecule has 1 amide bonds. The Kier molecular flexibility index (Phi) is 5.37. The fourth-order valence-electron chi connectivity index (χ4n) is 3.05. The van der Waals surface area contributed by atoms with Crippen LogP contribution in [-0.4, -0.2) is 34.5 Å². The minimum atomic E-state index is -0.202. The van der Waals surface area contributed by atoms with E-state index in [0.29, 0.717) is 24.4 Å². The zero-order valence-corrected chi connectivity index (χ0v) is 16.4. The van der Waals surface area contributed by atoms with E-state index in [1.807, 2.05) is 38.1 Å². The molecule has 1 aliphatic rings. The van der Waals surface area contributed by atoms with Gasteiger partial charge < -0.3 is 19.5 Å². The number of para-hydroxylation sites is 2. The van der Waals surface area contributed by atoms with Crippen LogP contribution in [-0.2, 0) is 6.54 Å². The van der Waals surface area contributed by atoms with Crippen molar-refractivity contribution in [3.63, 3.8) is 0 Å². The number of hydrogen-bond donors (Lipinski definition) is 1. The van der Waals surface area contributed by atoms with E-state index in [1.165, 1.54) is 0 Å². The zero-order valence-electron chi connectivity index (χ0n) is 16.4. The SMILES string of the molecule is CC(C)Oc1ccc(C(=O)Nc2cnn(CC3COc4ccccc4O3)c2)cc1. The van der Waals surface area contributed by atoms with Crippen molar-refractivity contribution in [1.82, 2.24) is 9.78 Å². The summed E-state index contributed by atoms with van der Waals surface area (Å²) in [6.45, 7) is 4.89. The second-order valence-corrected chi connectivity index (χ2v) is 7.09. The number of nitrogens with zero attached hydrogens (tertiary/aromatic N) is 2. The second-order valence-electron chi connectivity index (χ2n) is 7.09. The Morgan fingerprint density at radius 1 is 1.21 bits per heavy atom. The Morgan fingerprint density at radius 3 is 2.72 bits per heavy atom. The molecular formula is C22H23N3O4. The van der Waals surface area contributed by atoms with E-state index in [9.17, 15) is 4.79 Å². The minimum Gasteiger partial charge on any atom is -0.491 e. The van der Waals surface area contributed by atoms with E-state index in [-0.39, 0.29) is 18.1 Å². The molecule has 7 heteroatoms. The molecule has 0 saturated heterocycles. The van der Waals surface area contributed by atoms with Crippen LogP contribution in [0.3, 0.4) is 0 Å². The van der Waals surface area contributed by atoms with Gasteiger partial charge in [-0.05, 0) is 50.2 Å². The number of aromatic nitrogens is 2. The Balaban J connectivity index is 1.34. The molecule has 0 fully saturated rings. The van der Waals surface area contributed by atoms with Gasteiger partial charge in [-0.2, -0.15) is 5.10 Å². The van der Waals surface area contributed by atoms with Crippen molar-refractivity contribution in [2.75, 3.05) is 11.9 Å². The molecule has 0 radical (unpaired) electrons. The van der Waals surface area contributed by atoms with Crippen LogP contribution in [0, 0.1) is 0 Å². The number of ether oxygens (including phenoxy) is 3. The standard InChI is InChI=1S/C22H23N3O4/c1-15(2)28-18-9-7-16(8-10-18)22(26)24-17-11-23-25(12-17)13-19-14-27-20-5-3-4-6-21(20)29-19/h3-12,15,19H,13-14H2,1-2H3,(H,24,26). The fourth-order valence-corrected chi connectivity index (χ4v) is 3.05. The van der Waals surface area contributed by atoms with Gasteiger partial charge >= 0.3 is 0 Å². The molecule has 0 bridgehead atoms. The Morgan fingerprint density at radius 2 is 1.97 bits per heavy atom. The molecule has 3 aromatic rings. The summed E-state index contributed by atoms with van der Waals surface area (Å²) in [4.78, 5) is 12.5. The average Bonchev–Trinajstić information content (AvgIpc) is 3.14. The lowest BCUT2D eigenvalue weighted by Crippen LogP contribution is -2.33. The van der Waals surface area contributed by atoms with Gasteiger partial charge in [0.2, 0.25) is 0 Å². The lowest BCUT2D eigenvalue weighted by molar-refractivity contribution is 0.0759. The van der Waals surface area contributed by atoms with Crippen molar-refractivity contribution >= 4 is 11.6 Å². The van der Waals surface area contributed by atoms with Crippen molar-refractivity contribution in [2.24, 2.45) is 0 Å². The first-order chi connectivity index (χ1) is 14.1. The first-order valence-electron chi connectivity index (χ1n) is 9.56. The van der Waals surface area contributed by atoms with Gasteiger partial charge in [0, 0.05) is 11.8 Å². The number of carbonyl (C=O) groups excluding carboxylic acids is 1. The summed E-state index contributed by atoms with van der Waals surface area (Å²) in [5, 5.41) is 7.16. The molecule has 1 aromatic heterocycles. The summed E-state index contributed by atoms with van der Waals surface area (Å²) in [6, 6.07) is 14.6. The number of fused-ring (bicyclic) bond motifs is 1. The van der Waals surface area contributed by atoms with E-state index in [0.717, 1.165) is 17.2 Å². The number of amides is 1. The van der Waals surface area contributed by atoms with E-state index in [2.05, 4.69) is 10.4 Å². The fraction of sp³-hybridized carbons (Fsp3) is 0.273. The molecule has 4 rings (SSSR count). The highest BCUT2D eigenvalue weighted by Crippen LogP contribution is 2.31. The Labute approximate surface area is 169 Å². The molecule has 0 aliphatic carbocycles. The third-order valence-electron chi connectivity index (χ3n) is 4.34. The third-order valence-corrected chi connectivity index (χ3v) is 4.34. The van der Waals surface area contributed by atoms with Crippen LogP contribution >= 0.6 is 0 Å². The molecular weight excluding hydrogens is 370 g/mol. The Bertz CT molecular complexity index is 982. The molecule has 1 unspecified atom stereocenters. The minimum absolute atomic E-state index is 0.0903. The topological polar surface area (TPSA) is 74.6 Å². The third kappa shape index (κ3) is 4.68. The molecule has 150 valence electrons. The number of carbonyl (C=O) groups is 1. The van der Waals surface area contributed by atoms with Gasteiger partial charge in [-0.3, -0.25) is 9.48 Å². The highest BCUT2D eigenvalue weighted by Gasteiger charge is 2.21. The maximum absolute atomic E-state index is 12.5. The molecule has 2 aromatic carbocycles. The smallest absolute Gasteiger partial charge is 0.255 e. The number of anilines is 1. The zero-order chi connectivity index (χ0) is 20.2. The van der Waals surface area contributed by atoms with E-state index >= 15 is 0 Å². The van der Waals surface area contributed by atoms with Crippen LogP contribution < -0.4 is 19.5 Å². The van der Waals surface area contributed by atoms with Gasteiger partial charge in [-0.25, -0.2) is 0 Å². The van der Waals surface area contributed by atoms with Crippen LogP contribution in [0.15, 0.2) is 60.9 Å². The molecule has 1 atom stereocenters. The van der Waals surface area contributed by atoms with Crippen molar-refractivity contribution in [3.05, 3.63) is 66.5 Å². The summed E-state index contributed by atoms with van der Waals surface area (Å²) >= 11 is 0. The molecule has 1 N–H and O–H groups in total. The first kappa shape index (κ1) is 18.9. The van der Waals surface area contributed by atoms with Gasteiger partial charge in [-0.1, -0.05) is 12.1 Å². The highest BCUT2D eigenvalue weighted by molar-refractivity contribution is 6.04. The monoisotopic (exact) mass is 393 g/mol. The lowest BCUT2D eigenvalue weighted by Gasteiger charge is -2.26. The first-order valence-corrected chi connectivity index (χ1v) is 9.56. The molecule has 1 aliphatic heterocycles. The van der Waals surface area contributed by atoms with Crippen LogP contribution in [0.5, 0.6) is 17.2 Å². The second kappa shape index (κ2) is 8.26.